The van der Waals surface area contributed by atoms with E-state index in [0.717, 1.165) is 0 Å². The summed E-state index contributed by atoms with van der Waals surface area (Å²) in [6.07, 6.45) is 0. The molecular weight excluding hydrogens is 166 g/mol. The van der Waals surface area contributed by atoms with Crippen LogP contribution in [0.15, 0.2) is 0 Å². The molecule has 0 fully saturated rings. The van der Waals surface area contributed by atoms with Gasteiger partial charge in [-0.25, -0.2) is 0 Å². The van der Waals surface area contributed by atoms with Crippen LogP contribution in [0.5, 0.6) is 0 Å². The van der Waals surface area contributed by atoms with Crippen LogP contribution in [0.1, 0.15) is 7.43 Å². The molecule has 0 aliphatic heterocycles. The monoisotopic (exact) mass is 170 g/mol. The Labute approximate surface area is 64.3 Å². The third-order valence-corrected chi connectivity index (χ3v) is 0. The maximum Gasteiger partial charge on any atom is 0 e. The van der Waals surface area contributed by atoms with Gasteiger partial charge in [0.2, 0.25) is 0 Å². The largest absolute Gasteiger partial charge is 0.0776 e. The maximum atomic E-state index is 0. The van der Waals surface area contributed by atoms with Gasteiger partial charge in [0.05, 0.1) is 0 Å². The molecule has 0 heterocycles. The Balaban J connectivity index is 0. The van der Waals surface area contributed by atoms with Crippen LogP contribution in [-0.4, -0.2) is 0 Å². The molecule has 0 saturated carbocycles. The molecule has 0 saturated heterocycles. The minimum absolute atomic E-state index is 0. The minimum atomic E-state index is 0. The topological polar surface area (TPSA) is 0 Å². The first-order chi connectivity index (χ1) is 0. The third-order valence-electron chi connectivity index (χ3n) is 0. The van der Waals surface area contributed by atoms with Gasteiger partial charge in [0.25, 0.3) is 0 Å². The summed E-state index contributed by atoms with van der Waals surface area (Å²) in [7, 11) is 0. The molecule has 3 heteroatoms. The summed E-state index contributed by atoms with van der Waals surface area (Å²) in [6.45, 7) is 0. The molecule has 0 aromatic rings. The second-order valence-electron chi connectivity index (χ2n) is 0. The van der Waals surface area contributed by atoms with E-state index in [0.29, 0.717) is 0 Å². The Bertz CT molecular complexity index is 8.00. The first-order valence-electron chi connectivity index (χ1n) is 0. The normalized spacial score (nSPS) is 0. The fraction of sp³-hybridized carbons (Fsp3) is 1.00. The van der Waals surface area contributed by atoms with Gasteiger partial charge in [-0.15, -0.1) is 0 Å². The summed E-state index contributed by atoms with van der Waals surface area (Å²) in [5.41, 5.74) is 0. The zero-order valence-electron chi connectivity index (χ0n) is 1.33. The molecular formula is CH4MnTiV. The molecule has 0 nitrogen and oxygen atoms in total. The third kappa shape index (κ3) is 9.17. The van der Waals surface area contributed by atoms with Crippen LogP contribution >= 0.6 is 0 Å². The van der Waals surface area contributed by atoms with Gasteiger partial charge in [0.1, 0.15) is 0 Å². The Hall–Kier alpha value is 1.82. The van der Waals surface area contributed by atoms with Gasteiger partial charge in [-0.3, -0.25) is 0 Å². The van der Waals surface area contributed by atoms with E-state index >= 15 is 0 Å². The van der Waals surface area contributed by atoms with Crippen LogP contribution in [0.4, 0.5) is 0 Å². The number of hydrogen-bond acceptors (Lipinski definition) is 0. The molecule has 0 aliphatic rings. The summed E-state index contributed by atoms with van der Waals surface area (Å²) < 4.78 is 0. The Kier molecular flexibility index (Phi) is 217. The molecule has 24 valence electrons. The molecule has 0 spiro atoms. The first kappa shape index (κ1) is 40.9. The van der Waals surface area contributed by atoms with Crippen molar-refractivity contribution in [3.8, 4) is 0 Å². The molecule has 0 amide bonds. The Morgan fingerprint density at radius 1 is 1.00 bits per heavy atom. The van der Waals surface area contributed by atoms with Crippen molar-refractivity contribution in [1.29, 1.82) is 0 Å². The molecule has 2 radical (unpaired) electrons. The molecule has 0 aromatic carbocycles. The SMILES string of the molecule is C.[Mn].[Ti].[V]. The summed E-state index contributed by atoms with van der Waals surface area (Å²) in [4.78, 5) is 0. The van der Waals surface area contributed by atoms with Crippen LogP contribution in [-0.2, 0) is 57.3 Å². The maximum absolute atomic E-state index is 0. The van der Waals surface area contributed by atoms with Crippen molar-refractivity contribution in [1.82, 2.24) is 0 Å². The standard InChI is InChI=1S/CH4.Mn.Ti.V/h1H4;;;. The van der Waals surface area contributed by atoms with Crippen LogP contribution in [0.25, 0.3) is 0 Å². The van der Waals surface area contributed by atoms with Crippen molar-refractivity contribution in [3.05, 3.63) is 0 Å². The van der Waals surface area contributed by atoms with Gasteiger partial charge in [-0.2, -0.15) is 0 Å². The molecule has 4 heavy (non-hydrogen) atoms. The molecule has 0 unspecified atom stereocenters. The molecule has 0 bridgehead atoms. The second-order valence-corrected chi connectivity index (χ2v) is 0. The van der Waals surface area contributed by atoms with E-state index in [-0.39, 0.29) is 64.8 Å². The van der Waals surface area contributed by atoms with E-state index in [9.17, 15) is 0 Å². The average Bonchev–Trinajstić information content (AvgIpc) is 0. The molecule has 0 atom stereocenters. The van der Waals surface area contributed by atoms with Crippen LogP contribution in [0, 0.1) is 0 Å². The number of hydrogen-bond donors (Lipinski definition) is 0. The van der Waals surface area contributed by atoms with E-state index in [1.54, 1.807) is 0 Å². The van der Waals surface area contributed by atoms with Crippen molar-refractivity contribution in [2.24, 2.45) is 0 Å². The van der Waals surface area contributed by atoms with Gasteiger partial charge in [0, 0.05) is 57.3 Å². The number of rotatable bonds is 0. The van der Waals surface area contributed by atoms with Gasteiger partial charge >= 0.3 is 0 Å². The molecule has 0 aliphatic carbocycles. The fourth-order valence-corrected chi connectivity index (χ4v) is 0. The summed E-state index contributed by atoms with van der Waals surface area (Å²) in [6, 6.07) is 0. The Morgan fingerprint density at radius 2 is 1.00 bits per heavy atom. The zero-order valence-corrected chi connectivity index (χ0v) is 5.46. The van der Waals surface area contributed by atoms with Gasteiger partial charge in [-0.05, 0) is 0 Å². The molecule has 0 rings (SSSR count). The van der Waals surface area contributed by atoms with E-state index in [4.69, 9.17) is 0 Å². The second kappa shape index (κ2) is 21.2. The van der Waals surface area contributed by atoms with Gasteiger partial charge < -0.3 is 0 Å². The minimum Gasteiger partial charge on any atom is -0.0776 e. The Morgan fingerprint density at radius 3 is 1.00 bits per heavy atom. The van der Waals surface area contributed by atoms with Gasteiger partial charge in [0.15, 0.2) is 0 Å². The fourth-order valence-electron chi connectivity index (χ4n) is 0. The van der Waals surface area contributed by atoms with E-state index in [1.807, 2.05) is 0 Å². The average molecular weight is 170 g/mol. The summed E-state index contributed by atoms with van der Waals surface area (Å²) >= 11 is 0. The van der Waals surface area contributed by atoms with Crippen LogP contribution in [0.2, 0.25) is 0 Å². The van der Waals surface area contributed by atoms with Crippen molar-refractivity contribution in [2.45, 2.75) is 7.43 Å². The predicted molar refractivity (Wildman–Crippen MR) is 6.73 cm³/mol. The van der Waals surface area contributed by atoms with E-state index in [1.165, 1.54) is 0 Å². The van der Waals surface area contributed by atoms with E-state index < -0.39 is 0 Å². The quantitative estimate of drug-likeness (QED) is 0.467. The van der Waals surface area contributed by atoms with Crippen molar-refractivity contribution < 1.29 is 57.3 Å². The first-order valence-corrected chi connectivity index (χ1v) is 0. The smallest absolute Gasteiger partial charge is 0 e. The summed E-state index contributed by atoms with van der Waals surface area (Å²) in [5.74, 6) is 0. The zero-order chi connectivity index (χ0) is 0. The van der Waals surface area contributed by atoms with Crippen molar-refractivity contribution in [2.75, 3.05) is 0 Å². The van der Waals surface area contributed by atoms with Crippen LogP contribution < -0.4 is 0 Å². The summed E-state index contributed by atoms with van der Waals surface area (Å²) in [5, 5.41) is 0. The predicted octanol–water partition coefficient (Wildman–Crippen LogP) is 0.629. The van der Waals surface area contributed by atoms with Crippen LogP contribution in [0.3, 0.4) is 0 Å². The molecule has 0 N–H and O–H groups in total. The molecule has 0 aromatic heterocycles. The van der Waals surface area contributed by atoms with Gasteiger partial charge in [-0.1, -0.05) is 7.43 Å². The van der Waals surface area contributed by atoms with Crippen molar-refractivity contribution in [3.63, 3.8) is 0 Å². The van der Waals surface area contributed by atoms with E-state index in [2.05, 4.69) is 0 Å². The van der Waals surface area contributed by atoms with Crippen molar-refractivity contribution >= 4 is 0 Å².